The summed E-state index contributed by atoms with van der Waals surface area (Å²) in [6.07, 6.45) is 2.43. The van der Waals surface area contributed by atoms with Crippen LogP contribution in [0.3, 0.4) is 0 Å². The molecule has 0 saturated carbocycles. The standard InChI is InChI=1S/C11H9NO3S/c1-15-9-3-2-4-10-11(9)8(7-16-10)5-6-12(13)14/h2-7H,1H3. The van der Waals surface area contributed by atoms with Crippen LogP contribution in [-0.2, 0) is 0 Å². The van der Waals surface area contributed by atoms with Crippen LogP contribution >= 0.6 is 11.3 Å². The summed E-state index contributed by atoms with van der Waals surface area (Å²) >= 11 is 1.54. The Bertz CT molecular complexity index is 559. The van der Waals surface area contributed by atoms with E-state index in [0.717, 1.165) is 27.6 Å². The molecule has 16 heavy (non-hydrogen) atoms. The Hall–Kier alpha value is -1.88. The number of rotatable bonds is 3. The van der Waals surface area contributed by atoms with Gasteiger partial charge in [-0.3, -0.25) is 10.1 Å². The lowest BCUT2D eigenvalue weighted by Crippen LogP contribution is -1.85. The van der Waals surface area contributed by atoms with Crippen LogP contribution in [0.1, 0.15) is 5.56 Å². The number of benzene rings is 1. The van der Waals surface area contributed by atoms with Gasteiger partial charge in [0.05, 0.1) is 12.0 Å². The largest absolute Gasteiger partial charge is 0.496 e. The van der Waals surface area contributed by atoms with Gasteiger partial charge in [0.15, 0.2) is 0 Å². The fourth-order valence-corrected chi connectivity index (χ4v) is 2.46. The average Bonchev–Trinajstić information content (AvgIpc) is 2.69. The predicted molar refractivity (Wildman–Crippen MR) is 64.4 cm³/mol. The predicted octanol–water partition coefficient (Wildman–Crippen LogP) is 3.16. The highest BCUT2D eigenvalue weighted by Crippen LogP contribution is 2.34. The van der Waals surface area contributed by atoms with Gasteiger partial charge < -0.3 is 4.74 Å². The molecule has 0 saturated heterocycles. The maximum Gasteiger partial charge on any atom is 0.235 e. The molecular weight excluding hydrogens is 226 g/mol. The molecule has 0 N–H and O–H groups in total. The summed E-state index contributed by atoms with van der Waals surface area (Å²) in [6, 6.07) is 5.71. The van der Waals surface area contributed by atoms with Crippen LogP contribution < -0.4 is 4.74 Å². The number of hydrogen-bond donors (Lipinski definition) is 0. The monoisotopic (exact) mass is 235 g/mol. The van der Waals surface area contributed by atoms with E-state index in [1.807, 2.05) is 23.6 Å². The molecule has 0 amide bonds. The van der Waals surface area contributed by atoms with Crippen LogP contribution in [0.25, 0.3) is 16.2 Å². The molecule has 5 heteroatoms. The minimum absolute atomic E-state index is 0.473. The minimum Gasteiger partial charge on any atom is -0.496 e. The molecule has 2 aromatic rings. The van der Waals surface area contributed by atoms with E-state index in [0.29, 0.717) is 0 Å². The van der Waals surface area contributed by atoms with Gasteiger partial charge in [-0.15, -0.1) is 11.3 Å². The van der Waals surface area contributed by atoms with Crippen LogP contribution in [0.2, 0.25) is 0 Å². The summed E-state index contributed by atoms with van der Waals surface area (Å²) in [6.45, 7) is 0. The maximum atomic E-state index is 10.3. The second-order valence-corrected chi connectivity index (χ2v) is 4.04. The minimum atomic E-state index is -0.473. The normalized spacial score (nSPS) is 11.1. The molecule has 0 atom stereocenters. The number of ether oxygens (including phenoxy) is 1. The van der Waals surface area contributed by atoms with Gasteiger partial charge in [0.25, 0.3) is 0 Å². The van der Waals surface area contributed by atoms with E-state index >= 15 is 0 Å². The zero-order valence-corrected chi connectivity index (χ0v) is 9.36. The van der Waals surface area contributed by atoms with Gasteiger partial charge in [0.2, 0.25) is 6.20 Å². The number of thiophene rings is 1. The van der Waals surface area contributed by atoms with Crippen LogP contribution in [0.5, 0.6) is 5.75 Å². The quantitative estimate of drug-likeness (QED) is 0.606. The van der Waals surface area contributed by atoms with Crippen molar-refractivity contribution in [1.82, 2.24) is 0 Å². The highest BCUT2D eigenvalue weighted by Gasteiger charge is 2.07. The van der Waals surface area contributed by atoms with Gasteiger partial charge in [-0.25, -0.2) is 0 Å². The molecule has 1 aromatic heterocycles. The first-order valence-electron chi connectivity index (χ1n) is 4.58. The molecule has 0 spiro atoms. The molecule has 82 valence electrons. The van der Waals surface area contributed by atoms with E-state index in [-0.39, 0.29) is 0 Å². The van der Waals surface area contributed by atoms with E-state index in [1.54, 1.807) is 18.4 Å². The van der Waals surface area contributed by atoms with Crippen molar-refractivity contribution in [1.29, 1.82) is 0 Å². The van der Waals surface area contributed by atoms with E-state index in [4.69, 9.17) is 4.74 Å². The maximum absolute atomic E-state index is 10.3. The molecule has 1 heterocycles. The summed E-state index contributed by atoms with van der Waals surface area (Å²) in [5.41, 5.74) is 0.814. The Labute approximate surface area is 95.9 Å². The Morgan fingerprint density at radius 2 is 2.31 bits per heavy atom. The highest BCUT2D eigenvalue weighted by atomic mass is 32.1. The molecule has 0 aliphatic heterocycles. The number of methoxy groups -OCH3 is 1. The lowest BCUT2D eigenvalue weighted by Gasteiger charge is -2.01. The third kappa shape index (κ3) is 1.90. The Morgan fingerprint density at radius 1 is 1.50 bits per heavy atom. The SMILES string of the molecule is COc1cccc2scc(C=C[N+](=O)[O-])c12. The summed E-state index contributed by atoms with van der Waals surface area (Å²) in [5.74, 6) is 0.738. The second-order valence-electron chi connectivity index (χ2n) is 3.13. The van der Waals surface area contributed by atoms with Crippen molar-refractivity contribution in [3.05, 3.63) is 45.5 Å². The number of hydrogen-bond acceptors (Lipinski definition) is 4. The van der Waals surface area contributed by atoms with Gasteiger partial charge in [-0.2, -0.15) is 0 Å². The van der Waals surface area contributed by atoms with E-state index in [2.05, 4.69) is 0 Å². The first-order valence-corrected chi connectivity index (χ1v) is 5.46. The molecule has 0 bridgehead atoms. The van der Waals surface area contributed by atoms with Crippen molar-refractivity contribution in [2.45, 2.75) is 0 Å². The molecule has 0 radical (unpaired) electrons. The fourth-order valence-electron chi connectivity index (χ4n) is 1.51. The zero-order chi connectivity index (χ0) is 11.5. The van der Waals surface area contributed by atoms with Crippen LogP contribution in [0, 0.1) is 10.1 Å². The molecule has 2 rings (SSSR count). The molecule has 0 unspecified atom stereocenters. The lowest BCUT2D eigenvalue weighted by molar-refractivity contribution is -0.400. The van der Waals surface area contributed by atoms with Crippen molar-refractivity contribution in [3.8, 4) is 5.75 Å². The van der Waals surface area contributed by atoms with Crippen molar-refractivity contribution in [3.63, 3.8) is 0 Å². The highest BCUT2D eigenvalue weighted by molar-refractivity contribution is 7.17. The van der Waals surface area contributed by atoms with Crippen molar-refractivity contribution >= 4 is 27.5 Å². The number of nitro groups is 1. The van der Waals surface area contributed by atoms with E-state index in [1.165, 1.54) is 6.08 Å². The zero-order valence-electron chi connectivity index (χ0n) is 8.54. The third-order valence-corrected chi connectivity index (χ3v) is 3.15. The first kappa shape index (κ1) is 10.6. The van der Waals surface area contributed by atoms with Crippen LogP contribution in [-0.4, -0.2) is 12.0 Å². The molecule has 1 aromatic carbocycles. The van der Waals surface area contributed by atoms with Crippen LogP contribution in [0.4, 0.5) is 0 Å². The van der Waals surface area contributed by atoms with E-state index in [9.17, 15) is 10.1 Å². The van der Waals surface area contributed by atoms with Crippen molar-refractivity contribution in [2.24, 2.45) is 0 Å². The van der Waals surface area contributed by atoms with Gasteiger partial charge in [-0.1, -0.05) is 6.07 Å². The Kier molecular flexibility index (Phi) is 2.87. The van der Waals surface area contributed by atoms with Gasteiger partial charge in [0, 0.05) is 21.7 Å². The smallest absolute Gasteiger partial charge is 0.235 e. The lowest BCUT2D eigenvalue weighted by atomic mass is 10.1. The third-order valence-electron chi connectivity index (χ3n) is 2.19. The fraction of sp³-hybridized carbons (Fsp3) is 0.0909. The Morgan fingerprint density at radius 3 is 3.00 bits per heavy atom. The van der Waals surface area contributed by atoms with Crippen LogP contribution in [0.15, 0.2) is 29.8 Å². The first-order chi connectivity index (χ1) is 7.72. The topological polar surface area (TPSA) is 52.4 Å². The van der Waals surface area contributed by atoms with Crippen molar-refractivity contribution < 1.29 is 9.66 Å². The number of nitrogens with zero attached hydrogens (tertiary/aromatic N) is 1. The molecule has 4 nitrogen and oxygen atoms in total. The summed E-state index contributed by atoms with van der Waals surface area (Å²) in [4.78, 5) is 9.80. The Balaban J connectivity index is 2.58. The van der Waals surface area contributed by atoms with Gasteiger partial charge in [0.1, 0.15) is 5.75 Å². The van der Waals surface area contributed by atoms with Gasteiger partial charge >= 0.3 is 0 Å². The summed E-state index contributed by atoms with van der Waals surface area (Å²) < 4.78 is 6.29. The average molecular weight is 235 g/mol. The number of fused-ring (bicyclic) bond motifs is 1. The molecule has 0 aliphatic rings. The van der Waals surface area contributed by atoms with Crippen molar-refractivity contribution in [2.75, 3.05) is 7.11 Å². The summed E-state index contributed by atoms with van der Waals surface area (Å²) in [7, 11) is 1.59. The second kappa shape index (κ2) is 4.32. The van der Waals surface area contributed by atoms with Gasteiger partial charge in [-0.05, 0) is 17.5 Å². The molecular formula is C11H9NO3S. The summed E-state index contributed by atoms with van der Waals surface area (Å²) in [5, 5.41) is 13.1. The molecule has 0 fully saturated rings. The molecule has 0 aliphatic carbocycles. The van der Waals surface area contributed by atoms with E-state index < -0.39 is 4.92 Å².